The largest absolute Gasteiger partial charge is 0.467 e. The van der Waals surface area contributed by atoms with Gasteiger partial charge in [0.1, 0.15) is 5.76 Å². The summed E-state index contributed by atoms with van der Waals surface area (Å²) in [5, 5.41) is 0. The lowest BCUT2D eigenvalue weighted by atomic mass is 9.89. The van der Waals surface area contributed by atoms with E-state index in [0.717, 1.165) is 0 Å². The highest BCUT2D eigenvalue weighted by Crippen LogP contribution is 2.33. The molecule has 5 heteroatoms. The first-order chi connectivity index (χ1) is 6.62. The molecule has 0 aliphatic carbocycles. The topological polar surface area (TPSA) is 39.2 Å². The van der Waals surface area contributed by atoms with Gasteiger partial charge in [-0.1, -0.05) is 20.8 Å². The molecule has 0 spiro atoms. The predicted octanol–water partition coefficient (Wildman–Crippen LogP) is 3.14. The van der Waals surface area contributed by atoms with Gasteiger partial charge in [-0.25, -0.2) is 0 Å². The Hall–Kier alpha value is -0.970. The fourth-order valence-corrected chi connectivity index (χ4v) is 1.07. The minimum atomic E-state index is -4.47. The van der Waals surface area contributed by atoms with Gasteiger partial charge >= 0.3 is 6.18 Å². The molecule has 1 heterocycles. The van der Waals surface area contributed by atoms with Crippen LogP contribution in [0.3, 0.4) is 0 Å². The Bertz CT molecular complexity index is 335. The van der Waals surface area contributed by atoms with Gasteiger partial charge in [-0.05, 0) is 17.0 Å². The predicted molar refractivity (Wildman–Crippen MR) is 50.4 cm³/mol. The summed E-state index contributed by atoms with van der Waals surface area (Å²) in [6, 6.07) is -0.688. The van der Waals surface area contributed by atoms with Gasteiger partial charge in [0.2, 0.25) is 0 Å². The third kappa shape index (κ3) is 2.75. The minimum absolute atomic E-state index is 0.243. The van der Waals surface area contributed by atoms with E-state index in [2.05, 4.69) is 0 Å². The van der Waals surface area contributed by atoms with Crippen LogP contribution < -0.4 is 5.73 Å². The van der Waals surface area contributed by atoms with Crippen molar-refractivity contribution in [2.75, 3.05) is 0 Å². The van der Waals surface area contributed by atoms with E-state index in [1.165, 1.54) is 12.3 Å². The summed E-state index contributed by atoms with van der Waals surface area (Å²) in [6.07, 6.45) is -3.14. The van der Waals surface area contributed by atoms with Crippen LogP contribution in [0.4, 0.5) is 13.2 Å². The SMILES string of the molecule is CC(C)(C)c1coc([C@H](N)C(F)(F)F)c1. The van der Waals surface area contributed by atoms with E-state index in [4.69, 9.17) is 10.2 Å². The lowest BCUT2D eigenvalue weighted by Gasteiger charge is -2.15. The van der Waals surface area contributed by atoms with Crippen LogP contribution >= 0.6 is 0 Å². The summed E-state index contributed by atoms with van der Waals surface area (Å²) >= 11 is 0. The van der Waals surface area contributed by atoms with Crippen LogP contribution in [0, 0.1) is 0 Å². The summed E-state index contributed by atoms with van der Waals surface area (Å²) in [5.41, 5.74) is 5.47. The van der Waals surface area contributed by atoms with Gasteiger partial charge in [0, 0.05) is 0 Å². The minimum Gasteiger partial charge on any atom is -0.467 e. The molecule has 2 N–H and O–H groups in total. The van der Waals surface area contributed by atoms with Gasteiger partial charge in [-0.15, -0.1) is 0 Å². The maximum absolute atomic E-state index is 12.3. The second-order valence-electron chi connectivity index (χ2n) is 4.51. The van der Waals surface area contributed by atoms with E-state index in [-0.39, 0.29) is 11.2 Å². The van der Waals surface area contributed by atoms with Crippen molar-refractivity contribution in [2.45, 2.75) is 38.4 Å². The highest BCUT2D eigenvalue weighted by molar-refractivity contribution is 5.23. The molecule has 0 radical (unpaired) electrons. The number of nitrogens with two attached hydrogens (primary N) is 1. The third-order valence-corrected chi connectivity index (χ3v) is 2.14. The summed E-state index contributed by atoms with van der Waals surface area (Å²) in [6.45, 7) is 5.67. The molecule has 0 unspecified atom stereocenters. The first kappa shape index (κ1) is 12.1. The van der Waals surface area contributed by atoms with Gasteiger partial charge in [0.15, 0.2) is 6.04 Å². The molecular formula is C10H14F3NO. The van der Waals surface area contributed by atoms with E-state index in [9.17, 15) is 13.2 Å². The Morgan fingerprint density at radius 3 is 2.13 bits per heavy atom. The van der Waals surface area contributed by atoms with Gasteiger partial charge in [0.25, 0.3) is 0 Å². The van der Waals surface area contributed by atoms with Gasteiger partial charge in [-0.3, -0.25) is 0 Å². The average molecular weight is 221 g/mol. The number of hydrogen-bond donors (Lipinski definition) is 1. The average Bonchev–Trinajstić information content (AvgIpc) is 2.47. The van der Waals surface area contributed by atoms with Crippen molar-refractivity contribution in [2.24, 2.45) is 5.73 Å². The first-order valence-electron chi connectivity index (χ1n) is 4.53. The van der Waals surface area contributed by atoms with Crippen LogP contribution in [0.1, 0.15) is 38.1 Å². The Morgan fingerprint density at radius 2 is 1.80 bits per heavy atom. The maximum atomic E-state index is 12.3. The molecule has 2 nitrogen and oxygen atoms in total. The number of furan rings is 1. The van der Waals surface area contributed by atoms with Crippen LogP contribution in [0.5, 0.6) is 0 Å². The molecule has 0 aliphatic heterocycles. The second-order valence-corrected chi connectivity index (χ2v) is 4.51. The molecule has 0 amide bonds. The van der Waals surface area contributed by atoms with Crippen molar-refractivity contribution in [1.82, 2.24) is 0 Å². The van der Waals surface area contributed by atoms with Gasteiger partial charge in [-0.2, -0.15) is 13.2 Å². The quantitative estimate of drug-likeness (QED) is 0.791. The van der Waals surface area contributed by atoms with E-state index in [1.54, 1.807) is 0 Å². The molecule has 0 saturated carbocycles. The standard InChI is InChI=1S/C10H14F3NO/c1-9(2,3)6-4-7(15-5-6)8(14)10(11,12)13/h4-5,8H,14H2,1-3H3/t8-/m0/s1. The summed E-state index contributed by atoms with van der Waals surface area (Å²) in [4.78, 5) is 0. The molecule has 0 aromatic carbocycles. The molecule has 15 heavy (non-hydrogen) atoms. The van der Waals surface area contributed by atoms with E-state index in [0.29, 0.717) is 5.56 Å². The molecule has 1 aromatic rings. The van der Waals surface area contributed by atoms with E-state index < -0.39 is 12.2 Å². The smallest absolute Gasteiger partial charge is 0.410 e. The van der Waals surface area contributed by atoms with Crippen LogP contribution in [0.15, 0.2) is 16.7 Å². The first-order valence-corrected chi connectivity index (χ1v) is 4.53. The Kier molecular flexibility index (Phi) is 2.87. The lowest BCUT2D eigenvalue weighted by Crippen LogP contribution is -2.28. The number of rotatable bonds is 1. The number of halogens is 3. The molecule has 1 atom stereocenters. The zero-order valence-electron chi connectivity index (χ0n) is 8.85. The fourth-order valence-electron chi connectivity index (χ4n) is 1.07. The van der Waals surface area contributed by atoms with Crippen molar-refractivity contribution in [3.05, 3.63) is 23.7 Å². The Morgan fingerprint density at radius 1 is 1.27 bits per heavy atom. The Labute approximate surface area is 86.3 Å². The third-order valence-electron chi connectivity index (χ3n) is 2.14. The van der Waals surface area contributed by atoms with Crippen LogP contribution in [-0.4, -0.2) is 6.18 Å². The zero-order chi connectivity index (χ0) is 11.9. The van der Waals surface area contributed by atoms with E-state index >= 15 is 0 Å². The molecule has 0 saturated heterocycles. The molecule has 1 aromatic heterocycles. The highest BCUT2D eigenvalue weighted by Gasteiger charge is 2.40. The molecule has 86 valence electrons. The number of hydrogen-bond acceptors (Lipinski definition) is 2. The molecular weight excluding hydrogens is 207 g/mol. The normalized spacial score (nSPS) is 15.4. The van der Waals surface area contributed by atoms with Crippen molar-refractivity contribution in [1.29, 1.82) is 0 Å². The van der Waals surface area contributed by atoms with Crippen molar-refractivity contribution < 1.29 is 17.6 Å². The molecule has 0 bridgehead atoms. The van der Waals surface area contributed by atoms with E-state index in [1.807, 2.05) is 20.8 Å². The van der Waals surface area contributed by atoms with Crippen LogP contribution in [-0.2, 0) is 5.41 Å². The fraction of sp³-hybridized carbons (Fsp3) is 0.600. The van der Waals surface area contributed by atoms with Gasteiger partial charge in [0.05, 0.1) is 6.26 Å². The van der Waals surface area contributed by atoms with Crippen LogP contribution in [0.2, 0.25) is 0 Å². The molecule has 0 aliphatic rings. The molecule has 0 fully saturated rings. The van der Waals surface area contributed by atoms with Crippen LogP contribution in [0.25, 0.3) is 0 Å². The monoisotopic (exact) mass is 221 g/mol. The number of alkyl halides is 3. The summed E-state index contributed by atoms with van der Waals surface area (Å²) in [7, 11) is 0. The summed E-state index contributed by atoms with van der Waals surface area (Å²) < 4.78 is 41.6. The van der Waals surface area contributed by atoms with Crippen molar-refractivity contribution >= 4 is 0 Å². The highest BCUT2D eigenvalue weighted by atomic mass is 19.4. The lowest BCUT2D eigenvalue weighted by molar-refractivity contribution is -0.152. The van der Waals surface area contributed by atoms with Gasteiger partial charge < -0.3 is 10.2 Å². The summed E-state index contributed by atoms with van der Waals surface area (Å²) in [5.74, 6) is -0.243. The van der Waals surface area contributed by atoms with Crippen molar-refractivity contribution in [3.63, 3.8) is 0 Å². The zero-order valence-corrected chi connectivity index (χ0v) is 8.85. The maximum Gasteiger partial charge on any atom is 0.410 e. The Balaban J connectivity index is 2.95. The van der Waals surface area contributed by atoms with Crippen molar-refractivity contribution in [3.8, 4) is 0 Å². The molecule has 1 rings (SSSR count). The second kappa shape index (κ2) is 3.56.